The van der Waals surface area contributed by atoms with E-state index in [0.29, 0.717) is 32.7 Å². The average Bonchev–Trinajstić information content (AvgIpc) is 2.72. The molecular weight excluding hydrogens is 410 g/mol. The van der Waals surface area contributed by atoms with Crippen molar-refractivity contribution in [2.75, 3.05) is 39.8 Å². The fourth-order valence-corrected chi connectivity index (χ4v) is 4.90. The zero-order valence-electron chi connectivity index (χ0n) is 16.5. The van der Waals surface area contributed by atoms with Crippen LogP contribution >= 0.6 is 11.6 Å². The molecule has 0 aliphatic carbocycles. The quantitative estimate of drug-likeness (QED) is 0.679. The number of nitrogens with zero attached hydrogens (tertiary/aromatic N) is 2. The largest absolute Gasteiger partial charge is 0.352 e. The summed E-state index contributed by atoms with van der Waals surface area (Å²) in [5.74, 6) is -0.363. The van der Waals surface area contributed by atoms with E-state index in [9.17, 15) is 13.2 Å². The summed E-state index contributed by atoms with van der Waals surface area (Å²) in [6.45, 7) is 2.72. The zero-order valence-corrected chi connectivity index (χ0v) is 18.0. The number of sulfonamides is 1. The molecule has 0 radical (unpaired) electrons. The topological polar surface area (TPSA) is 69.7 Å². The molecule has 0 unspecified atom stereocenters. The molecule has 1 heterocycles. The van der Waals surface area contributed by atoms with Crippen LogP contribution in [0.25, 0.3) is 0 Å². The lowest BCUT2D eigenvalue weighted by Crippen LogP contribution is -2.47. The maximum atomic E-state index is 12.9. The SMILES string of the molecule is CN1CCN(S(=O)(=O)c2ccc(Cl)c(C(=O)NCCCc3ccccc3)c2)CC1. The Morgan fingerprint density at radius 2 is 1.76 bits per heavy atom. The molecule has 2 aromatic carbocycles. The number of hydrogen-bond acceptors (Lipinski definition) is 4. The highest BCUT2D eigenvalue weighted by atomic mass is 35.5. The molecule has 0 aromatic heterocycles. The summed E-state index contributed by atoms with van der Waals surface area (Å²) in [4.78, 5) is 14.7. The maximum Gasteiger partial charge on any atom is 0.252 e. The molecular formula is C21H26ClN3O3S. The standard InChI is InChI=1S/C21H26ClN3O3S/c1-24-12-14-25(15-13-24)29(27,28)18-9-10-20(22)19(16-18)21(26)23-11-5-8-17-6-3-2-4-7-17/h2-4,6-7,9-10,16H,5,8,11-15H2,1H3,(H,23,26). The molecule has 1 aliphatic heterocycles. The summed E-state index contributed by atoms with van der Waals surface area (Å²) < 4.78 is 27.3. The van der Waals surface area contributed by atoms with E-state index in [1.165, 1.54) is 28.1 Å². The van der Waals surface area contributed by atoms with E-state index in [4.69, 9.17) is 11.6 Å². The smallest absolute Gasteiger partial charge is 0.252 e. The van der Waals surface area contributed by atoms with Gasteiger partial charge in [0.25, 0.3) is 5.91 Å². The summed E-state index contributed by atoms with van der Waals surface area (Å²) in [6.07, 6.45) is 1.64. The van der Waals surface area contributed by atoms with Gasteiger partial charge in [-0.1, -0.05) is 41.9 Å². The van der Waals surface area contributed by atoms with Crippen LogP contribution in [0.2, 0.25) is 5.02 Å². The summed E-state index contributed by atoms with van der Waals surface area (Å²) in [5, 5.41) is 3.07. The number of piperazine rings is 1. The van der Waals surface area contributed by atoms with E-state index in [1.54, 1.807) is 0 Å². The number of rotatable bonds is 7. The Morgan fingerprint density at radius 3 is 2.45 bits per heavy atom. The first-order valence-corrected chi connectivity index (χ1v) is 11.5. The third-order valence-electron chi connectivity index (χ3n) is 5.05. The van der Waals surface area contributed by atoms with Crippen LogP contribution in [0.5, 0.6) is 0 Å². The van der Waals surface area contributed by atoms with Crippen molar-refractivity contribution < 1.29 is 13.2 Å². The fraction of sp³-hybridized carbons (Fsp3) is 0.381. The van der Waals surface area contributed by atoms with Crippen LogP contribution in [-0.2, 0) is 16.4 Å². The molecule has 3 rings (SSSR count). The van der Waals surface area contributed by atoms with E-state index < -0.39 is 10.0 Å². The van der Waals surface area contributed by atoms with Gasteiger partial charge in [-0.15, -0.1) is 0 Å². The number of amides is 1. The van der Waals surface area contributed by atoms with Crippen LogP contribution in [0.4, 0.5) is 0 Å². The van der Waals surface area contributed by atoms with Crippen LogP contribution in [0.3, 0.4) is 0 Å². The van der Waals surface area contributed by atoms with Gasteiger partial charge in [0, 0.05) is 32.7 Å². The lowest BCUT2D eigenvalue weighted by atomic mass is 10.1. The van der Waals surface area contributed by atoms with Crippen molar-refractivity contribution in [3.8, 4) is 0 Å². The highest BCUT2D eigenvalue weighted by molar-refractivity contribution is 7.89. The number of halogens is 1. The first kappa shape index (κ1) is 21.8. The van der Waals surface area contributed by atoms with Crippen LogP contribution in [0, 0.1) is 0 Å². The number of carbonyl (C=O) groups is 1. The number of likely N-dealkylation sites (N-methyl/N-ethyl adjacent to an activating group) is 1. The van der Waals surface area contributed by atoms with Crippen molar-refractivity contribution in [1.29, 1.82) is 0 Å². The predicted molar refractivity (Wildman–Crippen MR) is 115 cm³/mol. The van der Waals surface area contributed by atoms with Crippen molar-refractivity contribution in [3.63, 3.8) is 0 Å². The minimum absolute atomic E-state index is 0.0980. The number of nitrogens with one attached hydrogen (secondary N) is 1. The molecule has 29 heavy (non-hydrogen) atoms. The second kappa shape index (κ2) is 9.71. The molecule has 8 heteroatoms. The minimum Gasteiger partial charge on any atom is -0.352 e. The Morgan fingerprint density at radius 1 is 1.07 bits per heavy atom. The van der Waals surface area contributed by atoms with Gasteiger partial charge in [-0.2, -0.15) is 4.31 Å². The molecule has 1 saturated heterocycles. The van der Waals surface area contributed by atoms with Crippen molar-refractivity contribution in [2.24, 2.45) is 0 Å². The second-order valence-electron chi connectivity index (χ2n) is 7.19. The minimum atomic E-state index is -3.65. The third kappa shape index (κ3) is 5.57. The molecule has 0 bridgehead atoms. The van der Waals surface area contributed by atoms with E-state index in [0.717, 1.165) is 12.8 Å². The molecule has 1 fully saturated rings. The summed E-state index contributed by atoms with van der Waals surface area (Å²) in [6, 6.07) is 14.3. The number of hydrogen-bond donors (Lipinski definition) is 1. The second-order valence-corrected chi connectivity index (χ2v) is 9.54. The molecule has 0 atom stereocenters. The van der Waals surface area contributed by atoms with E-state index in [-0.39, 0.29) is 21.4 Å². The van der Waals surface area contributed by atoms with Gasteiger partial charge < -0.3 is 10.2 Å². The summed E-state index contributed by atoms with van der Waals surface area (Å²) in [5.41, 5.74) is 1.39. The lowest BCUT2D eigenvalue weighted by molar-refractivity contribution is 0.0953. The van der Waals surface area contributed by atoms with Crippen LogP contribution in [-0.4, -0.2) is 63.3 Å². The van der Waals surface area contributed by atoms with Gasteiger partial charge in [0.05, 0.1) is 15.5 Å². The van der Waals surface area contributed by atoms with Gasteiger partial charge in [0.1, 0.15) is 0 Å². The fourth-order valence-electron chi connectivity index (χ4n) is 3.25. The molecule has 0 spiro atoms. The number of aryl methyl sites for hydroxylation is 1. The van der Waals surface area contributed by atoms with Gasteiger partial charge in [0.15, 0.2) is 0 Å². The van der Waals surface area contributed by atoms with Gasteiger partial charge in [-0.25, -0.2) is 8.42 Å². The van der Waals surface area contributed by atoms with Crippen LogP contribution in [0.1, 0.15) is 22.3 Å². The van der Waals surface area contributed by atoms with E-state index in [1.807, 2.05) is 37.4 Å². The van der Waals surface area contributed by atoms with Crippen molar-refractivity contribution in [1.82, 2.24) is 14.5 Å². The molecule has 1 amide bonds. The van der Waals surface area contributed by atoms with Crippen molar-refractivity contribution in [3.05, 3.63) is 64.7 Å². The van der Waals surface area contributed by atoms with E-state index >= 15 is 0 Å². The molecule has 6 nitrogen and oxygen atoms in total. The van der Waals surface area contributed by atoms with Crippen LogP contribution < -0.4 is 5.32 Å². The Kier molecular flexibility index (Phi) is 7.29. The Labute approximate surface area is 177 Å². The van der Waals surface area contributed by atoms with E-state index in [2.05, 4.69) is 10.2 Å². The zero-order chi connectivity index (χ0) is 20.9. The molecule has 1 N–H and O–H groups in total. The molecule has 156 valence electrons. The highest BCUT2D eigenvalue weighted by Gasteiger charge is 2.28. The monoisotopic (exact) mass is 435 g/mol. The molecule has 2 aromatic rings. The van der Waals surface area contributed by atoms with Crippen LogP contribution in [0.15, 0.2) is 53.4 Å². The Bertz CT molecular complexity index is 943. The summed E-state index contributed by atoms with van der Waals surface area (Å²) in [7, 11) is -1.69. The molecule has 1 aliphatic rings. The van der Waals surface area contributed by atoms with Gasteiger partial charge in [-0.3, -0.25) is 4.79 Å². The van der Waals surface area contributed by atoms with Crippen molar-refractivity contribution in [2.45, 2.75) is 17.7 Å². The number of carbonyl (C=O) groups excluding carboxylic acids is 1. The summed E-state index contributed by atoms with van der Waals surface area (Å²) >= 11 is 6.18. The maximum absolute atomic E-state index is 12.9. The first-order chi connectivity index (χ1) is 13.9. The van der Waals surface area contributed by atoms with Crippen molar-refractivity contribution >= 4 is 27.5 Å². The van der Waals surface area contributed by atoms with Gasteiger partial charge in [-0.05, 0) is 43.7 Å². The number of benzene rings is 2. The normalized spacial score (nSPS) is 15.9. The first-order valence-electron chi connectivity index (χ1n) is 9.68. The lowest BCUT2D eigenvalue weighted by Gasteiger charge is -2.31. The Hall–Kier alpha value is -1.93. The highest BCUT2D eigenvalue weighted by Crippen LogP contribution is 2.23. The average molecular weight is 436 g/mol. The van der Waals surface area contributed by atoms with Gasteiger partial charge >= 0.3 is 0 Å². The Balaban J connectivity index is 1.64. The predicted octanol–water partition coefficient (Wildman–Crippen LogP) is 2.64. The third-order valence-corrected chi connectivity index (χ3v) is 7.28. The molecule has 0 saturated carbocycles. The van der Waals surface area contributed by atoms with Gasteiger partial charge in [0.2, 0.25) is 10.0 Å².